The van der Waals surface area contributed by atoms with Crippen LogP contribution < -0.4 is 0 Å². The van der Waals surface area contributed by atoms with Crippen LogP contribution in [-0.4, -0.2) is 36.2 Å². The van der Waals surface area contributed by atoms with Crippen LogP contribution in [0.5, 0.6) is 0 Å². The second kappa shape index (κ2) is 11.8. The van der Waals surface area contributed by atoms with Crippen molar-refractivity contribution in [2.75, 3.05) is 13.7 Å². The van der Waals surface area contributed by atoms with Gasteiger partial charge in [-0.3, -0.25) is 0 Å². The fourth-order valence-electron chi connectivity index (χ4n) is 6.14. The normalized spacial score (nSPS) is 17.4. The molecule has 0 saturated heterocycles. The van der Waals surface area contributed by atoms with Crippen molar-refractivity contribution in [3.8, 4) is 0 Å². The molecule has 5 rings (SSSR count). The van der Waals surface area contributed by atoms with E-state index in [0.717, 1.165) is 34.7 Å². The highest BCUT2D eigenvalue weighted by Gasteiger charge is 2.34. The quantitative estimate of drug-likeness (QED) is 0.227. The van der Waals surface area contributed by atoms with Gasteiger partial charge >= 0.3 is 12.1 Å². The predicted molar refractivity (Wildman–Crippen MR) is 163 cm³/mol. The number of amides is 1. The van der Waals surface area contributed by atoms with Crippen molar-refractivity contribution >= 4 is 22.8 Å². The molecule has 0 aromatic heterocycles. The van der Waals surface area contributed by atoms with E-state index in [0.29, 0.717) is 12.1 Å². The van der Waals surface area contributed by atoms with Gasteiger partial charge < -0.3 is 14.4 Å². The SMILES string of the molecule is COC(=O)c1cccc(C2CC(CN(C(=O)OC(C)(C)C)[C@H](C)c3cccc4ccccc34)Cc3ccccc32)c1. The van der Waals surface area contributed by atoms with Gasteiger partial charge in [0, 0.05) is 12.5 Å². The van der Waals surface area contributed by atoms with Gasteiger partial charge in [0.1, 0.15) is 5.60 Å². The number of fused-ring (bicyclic) bond motifs is 2. The Bertz CT molecular complexity index is 1550. The zero-order chi connectivity index (χ0) is 29.1. The van der Waals surface area contributed by atoms with Gasteiger partial charge in [-0.15, -0.1) is 0 Å². The van der Waals surface area contributed by atoms with Gasteiger partial charge in [0.25, 0.3) is 0 Å². The molecule has 4 aromatic carbocycles. The van der Waals surface area contributed by atoms with Crippen LogP contribution in [0.25, 0.3) is 10.8 Å². The number of nitrogens with zero attached hydrogens (tertiary/aromatic N) is 1. The predicted octanol–water partition coefficient (Wildman–Crippen LogP) is 8.32. The maximum atomic E-state index is 13.8. The Hall–Kier alpha value is -4.12. The number of hydrogen-bond acceptors (Lipinski definition) is 4. The number of methoxy groups -OCH3 is 1. The van der Waals surface area contributed by atoms with Crippen LogP contribution in [0, 0.1) is 5.92 Å². The van der Waals surface area contributed by atoms with E-state index < -0.39 is 5.60 Å². The topological polar surface area (TPSA) is 55.8 Å². The summed E-state index contributed by atoms with van der Waals surface area (Å²) in [7, 11) is 1.41. The van der Waals surface area contributed by atoms with Crippen LogP contribution in [0.3, 0.4) is 0 Å². The van der Waals surface area contributed by atoms with Crippen molar-refractivity contribution in [1.29, 1.82) is 0 Å². The van der Waals surface area contributed by atoms with Gasteiger partial charge in [-0.2, -0.15) is 0 Å². The Morgan fingerprint density at radius 2 is 1.63 bits per heavy atom. The standard InChI is InChI=1S/C36H39NO4/c1-24(30-19-11-14-26-12-6-8-17-31(26)30)37(35(39)41-36(2,3)4)23-25-20-27-13-7-9-18-32(27)33(21-25)28-15-10-16-29(22-28)34(38)40-5/h6-19,22,24-25,33H,20-21,23H2,1-5H3/t24-,25?,33?/m1/s1. The molecule has 5 heteroatoms. The van der Waals surface area contributed by atoms with E-state index in [4.69, 9.17) is 9.47 Å². The van der Waals surface area contributed by atoms with Gasteiger partial charge in [-0.25, -0.2) is 9.59 Å². The van der Waals surface area contributed by atoms with E-state index >= 15 is 0 Å². The monoisotopic (exact) mass is 549 g/mol. The van der Waals surface area contributed by atoms with Crippen molar-refractivity contribution < 1.29 is 19.1 Å². The summed E-state index contributed by atoms with van der Waals surface area (Å²) in [6.07, 6.45) is 1.41. The Labute approximate surface area is 243 Å². The zero-order valence-electron chi connectivity index (χ0n) is 24.6. The van der Waals surface area contributed by atoms with E-state index in [2.05, 4.69) is 67.6 Å². The molecule has 0 saturated carbocycles. The van der Waals surface area contributed by atoms with Crippen molar-refractivity contribution in [1.82, 2.24) is 4.90 Å². The Morgan fingerprint density at radius 1 is 0.927 bits per heavy atom. The van der Waals surface area contributed by atoms with E-state index in [-0.39, 0.29) is 29.9 Å². The summed E-state index contributed by atoms with van der Waals surface area (Å²) in [5.74, 6) is -0.0444. The Balaban J connectivity index is 1.50. The minimum absolute atomic E-state index is 0.0999. The molecule has 2 unspecified atom stereocenters. The average molecular weight is 550 g/mol. The van der Waals surface area contributed by atoms with Crippen molar-refractivity contribution in [3.05, 3.63) is 119 Å². The first kappa shape index (κ1) is 28.4. The fourth-order valence-corrected chi connectivity index (χ4v) is 6.14. The lowest BCUT2D eigenvalue weighted by Crippen LogP contribution is -2.42. The first-order valence-corrected chi connectivity index (χ1v) is 14.4. The third-order valence-corrected chi connectivity index (χ3v) is 8.04. The average Bonchev–Trinajstić information content (AvgIpc) is 2.97. The number of ether oxygens (including phenoxy) is 2. The number of hydrogen-bond donors (Lipinski definition) is 0. The summed E-state index contributed by atoms with van der Waals surface area (Å²) in [5.41, 5.74) is 4.67. The van der Waals surface area contributed by atoms with E-state index in [1.54, 1.807) is 6.07 Å². The lowest BCUT2D eigenvalue weighted by atomic mass is 9.73. The van der Waals surface area contributed by atoms with E-state index in [1.807, 2.05) is 49.9 Å². The summed E-state index contributed by atoms with van der Waals surface area (Å²) in [6, 6.07) is 30.7. The Morgan fingerprint density at radius 3 is 2.41 bits per heavy atom. The molecule has 4 aromatic rings. The fraction of sp³-hybridized carbons (Fsp3) is 0.333. The molecule has 0 bridgehead atoms. The molecule has 212 valence electrons. The molecule has 1 amide bonds. The van der Waals surface area contributed by atoms with Crippen LogP contribution in [-0.2, 0) is 15.9 Å². The van der Waals surface area contributed by atoms with Gasteiger partial charge in [0.05, 0.1) is 18.7 Å². The minimum atomic E-state index is -0.607. The van der Waals surface area contributed by atoms with Crippen LogP contribution in [0.1, 0.15) is 78.7 Å². The van der Waals surface area contributed by atoms with Gasteiger partial charge in [0.15, 0.2) is 0 Å². The smallest absolute Gasteiger partial charge is 0.410 e. The highest BCUT2D eigenvalue weighted by atomic mass is 16.6. The van der Waals surface area contributed by atoms with Crippen LogP contribution in [0.15, 0.2) is 91.0 Å². The van der Waals surface area contributed by atoms with Crippen LogP contribution in [0.4, 0.5) is 4.79 Å². The molecule has 0 fully saturated rings. The first-order valence-electron chi connectivity index (χ1n) is 14.4. The molecule has 3 atom stereocenters. The number of benzene rings is 4. The number of carbonyl (C=O) groups excluding carboxylic acids is 2. The minimum Gasteiger partial charge on any atom is -0.465 e. The number of carbonyl (C=O) groups is 2. The molecule has 1 aliphatic rings. The summed E-state index contributed by atoms with van der Waals surface area (Å²) in [4.78, 5) is 28.0. The zero-order valence-corrected chi connectivity index (χ0v) is 24.6. The number of esters is 1. The molecule has 5 nitrogen and oxygen atoms in total. The van der Waals surface area contributed by atoms with E-state index in [9.17, 15) is 9.59 Å². The largest absolute Gasteiger partial charge is 0.465 e. The third-order valence-electron chi connectivity index (χ3n) is 8.04. The molecule has 0 aliphatic heterocycles. The molecule has 1 aliphatic carbocycles. The molecule has 0 radical (unpaired) electrons. The third kappa shape index (κ3) is 6.30. The molecule has 0 N–H and O–H groups in total. The molecule has 0 heterocycles. The first-order chi connectivity index (χ1) is 19.6. The summed E-state index contributed by atoms with van der Waals surface area (Å²) >= 11 is 0. The lowest BCUT2D eigenvalue weighted by Gasteiger charge is -2.38. The molecular weight excluding hydrogens is 510 g/mol. The van der Waals surface area contributed by atoms with Crippen LogP contribution >= 0.6 is 0 Å². The second-order valence-electron chi connectivity index (χ2n) is 12.1. The van der Waals surface area contributed by atoms with Gasteiger partial charge in [-0.1, -0.05) is 78.9 Å². The van der Waals surface area contributed by atoms with Crippen LogP contribution in [0.2, 0.25) is 0 Å². The molecular formula is C36H39NO4. The molecule has 0 spiro atoms. The Kier molecular flexibility index (Phi) is 8.16. The van der Waals surface area contributed by atoms with E-state index in [1.165, 1.54) is 18.2 Å². The van der Waals surface area contributed by atoms with Crippen molar-refractivity contribution in [2.24, 2.45) is 5.92 Å². The number of rotatable bonds is 6. The molecule has 41 heavy (non-hydrogen) atoms. The summed E-state index contributed by atoms with van der Waals surface area (Å²) < 4.78 is 11.0. The summed E-state index contributed by atoms with van der Waals surface area (Å²) in [5, 5.41) is 2.29. The lowest BCUT2D eigenvalue weighted by molar-refractivity contribution is 0.0131. The second-order valence-corrected chi connectivity index (χ2v) is 12.1. The highest BCUT2D eigenvalue weighted by molar-refractivity contribution is 5.89. The van der Waals surface area contributed by atoms with Gasteiger partial charge in [-0.05, 0) is 91.6 Å². The summed E-state index contributed by atoms with van der Waals surface area (Å²) in [6.45, 7) is 8.38. The maximum Gasteiger partial charge on any atom is 0.410 e. The highest BCUT2D eigenvalue weighted by Crippen LogP contribution is 2.41. The van der Waals surface area contributed by atoms with Crippen molar-refractivity contribution in [2.45, 2.75) is 58.1 Å². The van der Waals surface area contributed by atoms with Crippen molar-refractivity contribution in [3.63, 3.8) is 0 Å². The maximum absolute atomic E-state index is 13.8. The van der Waals surface area contributed by atoms with Gasteiger partial charge in [0.2, 0.25) is 0 Å².